The minimum atomic E-state index is 0.353. The Hall–Kier alpha value is -2.35. The van der Waals surface area contributed by atoms with E-state index in [0.717, 1.165) is 0 Å². The Morgan fingerprint density at radius 2 is 2.27 bits per heavy atom. The van der Waals surface area contributed by atoms with Crippen LogP contribution < -0.4 is 5.73 Å². The third-order valence-electron chi connectivity index (χ3n) is 1.88. The molecule has 2 heterocycles. The molecule has 0 saturated heterocycles. The maximum Gasteiger partial charge on any atom is 0.123 e. The standard InChI is InChI=1S/C10H9N5/c1-2-5-15-10(11)6-8(14-15)9-7-12-3-4-13-9/h1,3-4,6-7H,5,11H2. The lowest BCUT2D eigenvalue weighted by atomic mass is 10.3. The molecule has 0 aliphatic heterocycles. The van der Waals surface area contributed by atoms with Crippen LogP contribution >= 0.6 is 0 Å². The highest BCUT2D eigenvalue weighted by molar-refractivity contribution is 5.57. The van der Waals surface area contributed by atoms with Crippen molar-refractivity contribution in [1.82, 2.24) is 19.7 Å². The second-order valence-corrected chi connectivity index (χ2v) is 2.91. The number of aromatic nitrogens is 4. The fourth-order valence-corrected chi connectivity index (χ4v) is 1.20. The number of hydrogen-bond donors (Lipinski definition) is 1. The van der Waals surface area contributed by atoms with E-state index in [-0.39, 0.29) is 0 Å². The molecule has 0 fully saturated rings. The summed E-state index contributed by atoms with van der Waals surface area (Å²) < 4.78 is 1.55. The summed E-state index contributed by atoms with van der Waals surface area (Å²) >= 11 is 0. The molecule has 0 saturated carbocycles. The number of nitrogens with two attached hydrogens (primary N) is 1. The summed E-state index contributed by atoms with van der Waals surface area (Å²) in [7, 11) is 0. The fourth-order valence-electron chi connectivity index (χ4n) is 1.20. The molecule has 2 N–H and O–H groups in total. The summed E-state index contributed by atoms with van der Waals surface area (Å²) in [5, 5.41) is 4.22. The van der Waals surface area contributed by atoms with E-state index in [1.165, 1.54) is 0 Å². The number of nitrogen functional groups attached to an aromatic ring is 1. The molecule has 0 atom stereocenters. The number of nitrogens with zero attached hydrogens (tertiary/aromatic N) is 4. The molecule has 0 radical (unpaired) electrons. The third-order valence-corrected chi connectivity index (χ3v) is 1.88. The van der Waals surface area contributed by atoms with E-state index in [4.69, 9.17) is 12.2 Å². The maximum absolute atomic E-state index is 5.72. The predicted molar refractivity (Wildman–Crippen MR) is 56.5 cm³/mol. The topological polar surface area (TPSA) is 69.6 Å². The highest BCUT2D eigenvalue weighted by Gasteiger charge is 2.06. The first kappa shape index (κ1) is 9.21. The van der Waals surface area contributed by atoms with Gasteiger partial charge >= 0.3 is 0 Å². The largest absolute Gasteiger partial charge is 0.384 e. The Morgan fingerprint density at radius 3 is 2.93 bits per heavy atom. The average Bonchev–Trinajstić information content (AvgIpc) is 2.63. The molecule has 0 aromatic carbocycles. The Labute approximate surface area is 87.0 Å². The van der Waals surface area contributed by atoms with Crippen LogP contribution in [0.25, 0.3) is 11.4 Å². The fraction of sp³-hybridized carbons (Fsp3) is 0.100. The van der Waals surface area contributed by atoms with Gasteiger partial charge in [0.1, 0.15) is 23.8 Å². The predicted octanol–water partition coefficient (Wildman–Crippen LogP) is 0.555. The van der Waals surface area contributed by atoms with Crippen molar-refractivity contribution in [2.75, 3.05) is 5.73 Å². The van der Waals surface area contributed by atoms with Crippen LogP contribution in [0.5, 0.6) is 0 Å². The lowest BCUT2D eigenvalue weighted by Crippen LogP contribution is -2.02. The minimum Gasteiger partial charge on any atom is -0.384 e. The zero-order valence-corrected chi connectivity index (χ0v) is 7.96. The van der Waals surface area contributed by atoms with E-state index in [1.807, 2.05) is 0 Å². The Bertz CT molecular complexity index is 494. The number of terminal acetylenes is 1. The normalized spacial score (nSPS) is 9.80. The SMILES string of the molecule is C#CCn1nc(-c2cnccn2)cc1N. The van der Waals surface area contributed by atoms with Gasteiger partial charge in [-0.25, -0.2) is 4.68 Å². The molecule has 5 nitrogen and oxygen atoms in total. The smallest absolute Gasteiger partial charge is 0.123 e. The van der Waals surface area contributed by atoms with Crippen molar-refractivity contribution in [2.24, 2.45) is 0 Å². The number of anilines is 1. The molecule has 74 valence electrons. The second kappa shape index (κ2) is 3.80. The van der Waals surface area contributed by atoms with Crippen LogP contribution in [0.4, 0.5) is 5.82 Å². The van der Waals surface area contributed by atoms with Gasteiger partial charge in [0.05, 0.1) is 6.20 Å². The zero-order valence-electron chi connectivity index (χ0n) is 7.96. The highest BCUT2D eigenvalue weighted by atomic mass is 15.3. The van der Waals surface area contributed by atoms with Gasteiger partial charge in [0.15, 0.2) is 0 Å². The number of rotatable bonds is 2. The van der Waals surface area contributed by atoms with E-state index in [2.05, 4.69) is 21.0 Å². The van der Waals surface area contributed by atoms with E-state index in [9.17, 15) is 0 Å². The molecular formula is C10H9N5. The lowest BCUT2D eigenvalue weighted by molar-refractivity contribution is 0.728. The Balaban J connectivity index is 2.40. The summed E-state index contributed by atoms with van der Waals surface area (Å²) in [5.74, 6) is 3.00. The summed E-state index contributed by atoms with van der Waals surface area (Å²) in [5.41, 5.74) is 7.08. The van der Waals surface area contributed by atoms with Gasteiger partial charge in [-0.1, -0.05) is 5.92 Å². The first-order valence-electron chi connectivity index (χ1n) is 4.34. The molecule has 0 spiro atoms. The lowest BCUT2D eigenvalue weighted by Gasteiger charge is -1.95. The zero-order chi connectivity index (χ0) is 10.7. The summed E-state index contributed by atoms with van der Waals surface area (Å²) in [6.07, 6.45) is 10.0. The summed E-state index contributed by atoms with van der Waals surface area (Å²) in [6.45, 7) is 0.353. The average molecular weight is 199 g/mol. The van der Waals surface area contributed by atoms with Crippen molar-refractivity contribution in [1.29, 1.82) is 0 Å². The van der Waals surface area contributed by atoms with E-state index in [1.54, 1.807) is 29.3 Å². The minimum absolute atomic E-state index is 0.353. The van der Waals surface area contributed by atoms with Gasteiger partial charge in [0.25, 0.3) is 0 Å². The van der Waals surface area contributed by atoms with Gasteiger partial charge in [-0.05, 0) is 0 Å². The Morgan fingerprint density at radius 1 is 1.40 bits per heavy atom. The van der Waals surface area contributed by atoms with Crippen LogP contribution in [0, 0.1) is 12.3 Å². The molecular weight excluding hydrogens is 190 g/mol. The quantitative estimate of drug-likeness (QED) is 0.717. The first-order chi connectivity index (χ1) is 7.31. The molecule has 0 bridgehead atoms. The second-order valence-electron chi connectivity index (χ2n) is 2.91. The van der Waals surface area contributed by atoms with Crippen molar-refractivity contribution < 1.29 is 0 Å². The molecule has 0 amide bonds. The molecule has 0 aliphatic carbocycles. The van der Waals surface area contributed by atoms with Gasteiger partial charge < -0.3 is 5.73 Å². The van der Waals surface area contributed by atoms with Gasteiger partial charge in [0.2, 0.25) is 0 Å². The van der Waals surface area contributed by atoms with Crippen LogP contribution in [0.15, 0.2) is 24.7 Å². The summed E-state index contributed by atoms with van der Waals surface area (Å²) in [4.78, 5) is 8.07. The van der Waals surface area contributed by atoms with E-state index in [0.29, 0.717) is 23.8 Å². The number of hydrogen-bond acceptors (Lipinski definition) is 4. The molecule has 2 rings (SSSR count). The van der Waals surface area contributed by atoms with Gasteiger partial charge in [-0.3, -0.25) is 9.97 Å². The third kappa shape index (κ3) is 1.79. The van der Waals surface area contributed by atoms with Crippen LogP contribution in [0.3, 0.4) is 0 Å². The van der Waals surface area contributed by atoms with Crippen molar-refractivity contribution in [3.8, 4) is 23.7 Å². The monoisotopic (exact) mass is 199 g/mol. The van der Waals surface area contributed by atoms with Crippen LogP contribution in [0.2, 0.25) is 0 Å². The molecule has 2 aromatic heterocycles. The first-order valence-corrected chi connectivity index (χ1v) is 4.34. The maximum atomic E-state index is 5.72. The van der Waals surface area contributed by atoms with Crippen molar-refractivity contribution in [2.45, 2.75) is 6.54 Å². The van der Waals surface area contributed by atoms with Gasteiger partial charge in [0, 0.05) is 18.5 Å². The molecule has 5 heteroatoms. The van der Waals surface area contributed by atoms with Crippen molar-refractivity contribution in [3.63, 3.8) is 0 Å². The molecule has 0 aliphatic rings. The highest BCUT2D eigenvalue weighted by Crippen LogP contribution is 2.16. The Kier molecular flexibility index (Phi) is 2.33. The van der Waals surface area contributed by atoms with Gasteiger partial charge in [-0.2, -0.15) is 5.10 Å². The molecule has 15 heavy (non-hydrogen) atoms. The van der Waals surface area contributed by atoms with E-state index >= 15 is 0 Å². The molecule has 0 unspecified atom stereocenters. The van der Waals surface area contributed by atoms with E-state index < -0.39 is 0 Å². The van der Waals surface area contributed by atoms with Crippen molar-refractivity contribution >= 4 is 5.82 Å². The van der Waals surface area contributed by atoms with Crippen LogP contribution in [-0.2, 0) is 6.54 Å². The van der Waals surface area contributed by atoms with Gasteiger partial charge in [-0.15, -0.1) is 6.42 Å². The molecule has 2 aromatic rings. The van der Waals surface area contributed by atoms with Crippen molar-refractivity contribution in [3.05, 3.63) is 24.7 Å². The van der Waals surface area contributed by atoms with Crippen LogP contribution in [0.1, 0.15) is 0 Å². The van der Waals surface area contributed by atoms with Crippen LogP contribution in [-0.4, -0.2) is 19.7 Å². The summed E-state index contributed by atoms with van der Waals surface area (Å²) in [6, 6.07) is 1.72.